The van der Waals surface area contributed by atoms with Gasteiger partial charge in [0, 0.05) is 43.6 Å². The molecule has 33 heavy (non-hydrogen) atoms. The molecule has 0 spiro atoms. The van der Waals surface area contributed by atoms with Gasteiger partial charge in [0.25, 0.3) is 0 Å². The maximum Gasteiger partial charge on any atom is 0.365 e. The van der Waals surface area contributed by atoms with Crippen molar-refractivity contribution in [1.82, 2.24) is 9.80 Å². The molecule has 0 aromatic heterocycles. The van der Waals surface area contributed by atoms with Crippen molar-refractivity contribution in [2.24, 2.45) is 4.99 Å². The van der Waals surface area contributed by atoms with Gasteiger partial charge in [-0.2, -0.15) is 0 Å². The number of carbonyl (C=O) groups excluding carboxylic acids is 1. The number of aliphatic imine (C=N–C) groups is 1. The number of anilines is 1. The number of cyclic esters (lactones) is 1. The lowest BCUT2D eigenvalue weighted by Crippen LogP contribution is -2.48. The lowest BCUT2D eigenvalue weighted by atomic mass is 10.0. The molecule has 0 unspecified atom stereocenters. The molecule has 8 heteroatoms. The second-order valence-electron chi connectivity index (χ2n) is 7.71. The molecule has 2 aliphatic rings. The summed E-state index contributed by atoms with van der Waals surface area (Å²) in [5, 5.41) is 13.5. The highest BCUT2D eigenvalue weighted by Gasteiger charge is 2.27. The largest absolute Gasteiger partial charge is 0.402 e. The first kappa shape index (κ1) is 22.4. The topological polar surface area (TPSA) is 81.0 Å². The normalized spacial score (nSPS) is 16.9. The zero-order valence-corrected chi connectivity index (χ0v) is 18.7. The fourth-order valence-corrected chi connectivity index (χ4v) is 3.91. The van der Waals surface area contributed by atoms with E-state index in [2.05, 4.69) is 15.2 Å². The van der Waals surface area contributed by atoms with Crippen molar-refractivity contribution in [3.63, 3.8) is 0 Å². The average Bonchev–Trinajstić information content (AvgIpc) is 3.19. The van der Waals surface area contributed by atoms with E-state index < -0.39 is 5.97 Å². The monoisotopic (exact) mass is 461 g/mol. The summed E-state index contributed by atoms with van der Waals surface area (Å²) in [4.78, 5) is 21.0. The minimum atomic E-state index is -0.436. The predicted molar refractivity (Wildman–Crippen MR) is 133 cm³/mol. The highest BCUT2D eigenvalue weighted by Crippen LogP contribution is 2.24. The first-order chi connectivity index (χ1) is 15.7. The molecule has 5 rings (SSSR count). The zero-order chi connectivity index (χ0) is 21.9. The first-order valence-corrected chi connectivity index (χ1v) is 10.6. The van der Waals surface area contributed by atoms with Gasteiger partial charge in [-0.05, 0) is 29.0 Å². The number of rotatable bonds is 3. The van der Waals surface area contributed by atoms with Crippen LogP contribution in [-0.2, 0) is 9.53 Å². The second-order valence-corrected chi connectivity index (χ2v) is 7.71. The minimum Gasteiger partial charge on any atom is -0.402 e. The van der Waals surface area contributed by atoms with Crippen molar-refractivity contribution >= 4 is 46.7 Å². The van der Waals surface area contributed by atoms with Crippen molar-refractivity contribution < 1.29 is 9.53 Å². The molecule has 2 N–H and O–H groups in total. The molecule has 2 heterocycles. The Bertz CT molecular complexity index is 1230. The lowest BCUT2D eigenvalue weighted by Gasteiger charge is -2.35. The Morgan fingerprint density at radius 2 is 1.64 bits per heavy atom. The van der Waals surface area contributed by atoms with Crippen LogP contribution in [0.3, 0.4) is 0 Å². The summed E-state index contributed by atoms with van der Waals surface area (Å²) in [6, 6.07) is 23.5. The quantitative estimate of drug-likeness (QED) is 0.266. The number of nitrogens with one attached hydrogen (secondary N) is 2. The molecule has 1 saturated heterocycles. The number of hydrogen-bond donors (Lipinski definition) is 2. The number of fused-ring (bicyclic) bond motifs is 1. The van der Waals surface area contributed by atoms with Crippen molar-refractivity contribution in [2.75, 3.05) is 31.5 Å². The fraction of sp³-hybridized carbons (Fsp3) is 0.160. The molecule has 0 aliphatic carbocycles. The van der Waals surface area contributed by atoms with Gasteiger partial charge in [0.15, 0.2) is 11.7 Å². The lowest BCUT2D eigenvalue weighted by molar-refractivity contribution is -0.130. The number of guanidine groups is 1. The number of esters is 1. The smallest absolute Gasteiger partial charge is 0.365 e. The van der Waals surface area contributed by atoms with E-state index in [1.165, 1.54) is 0 Å². The Hall–Kier alpha value is -3.84. The Labute approximate surface area is 198 Å². The van der Waals surface area contributed by atoms with Crippen LogP contribution in [0, 0.1) is 5.41 Å². The van der Waals surface area contributed by atoms with Crippen LogP contribution in [0.4, 0.5) is 5.69 Å². The van der Waals surface area contributed by atoms with Gasteiger partial charge >= 0.3 is 5.97 Å². The van der Waals surface area contributed by atoms with E-state index in [9.17, 15) is 4.79 Å². The summed E-state index contributed by atoms with van der Waals surface area (Å²) < 4.78 is 5.50. The Morgan fingerprint density at radius 3 is 2.42 bits per heavy atom. The molecule has 1 fully saturated rings. The molecular weight excluding hydrogens is 438 g/mol. The van der Waals surface area contributed by atoms with E-state index in [-0.39, 0.29) is 12.4 Å². The van der Waals surface area contributed by atoms with Gasteiger partial charge in [0.05, 0.1) is 0 Å². The first-order valence-electron chi connectivity index (χ1n) is 10.6. The molecule has 0 atom stereocenters. The van der Waals surface area contributed by atoms with Crippen molar-refractivity contribution in [3.05, 3.63) is 90.3 Å². The molecule has 3 aromatic carbocycles. The second kappa shape index (κ2) is 9.75. The van der Waals surface area contributed by atoms with Crippen LogP contribution >= 0.6 is 12.4 Å². The van der Waals surface area contributed by atoms with Crippen LogP contribution in [0.2, 0.25) is 0 Å². The SMILES string of the molecule is Cl.N=C(Nc1ccccc1)N1CCN(/C=C2/N=C(c3cccc4ccccc34)OC2=O)CC1. The third-order valence-corrected chi connectivity index (χ3v) is 5.61. The third kappa shape index (κ3) is 4.83. The van der Waals surface area contributed by atoms with Gasteiger partial charge in [-0.25, -0.2) is 9.79 Å². The number of benzene rings is 3. The summed E-state index contributed by atoms with van der Waals surface area (Å²) in [6.07, 6.45) is 1.77. The van der Waals surface area contributed by atoms with Crippen LogP contribution in [0.1, 0.15) is 5.56 Å². The average molecular weight is 462 g/mol. The Morgan fingerprint density at radius 1 is 0.939 bits per heavy atom. The summed E-state index contributed by atoms with van der Waals surface area (Å²) in [6.45, 7) is 2.73. The van der Waals surface area contributed by atoms with Crippen LogP contribution in [0.5, 0.6) is 0 Å². The maximum absolute atomic E-state index is 12.5. The van der Waals surface area contributed by atoms with Crippen LogP contribution < -0.4 is 5.32 Å². The van der Waals surface area contributed by atoms with Gasteiger partial charge in [-0.15, -0.1) is 12.4 Å². The number of halogens is 1. The molecule has 7 nitrogen and oxygen atoms in total. The number of ether oxygens (including phenoxy) is 1. The molecule has 0 bridgehead atoms. The van der Waals surface area contributed by atoms with Crippen molar-refractivity contribution in [3.8, 4) is 0 Å². The van der Waals surface area contributed by atoms with Gasteiger partial charge in [-0.3, -0.25) is 5.41 Å². The van der Waals surface area contributed by atoms with Crippen molar-refractivity contribution in [2.45, 2.75) is 0 Å². The Balaban J connectivity index is 0.00000259. The molecule has 2 aliphatic heterocycles. The van der Waals surface area contributed by atoms with Gasteiger partial charge in [0.2, 0.25) is 5.90 Å². The van der Waals surface area contributed by atoms with E-state index in [1.807, 2.05) is 77.7 Å². The Kier molecular flexibility index (Phi) is 6.60. The number of hydrogen-bond acceptors (Lipinski definition) is 5. The number of piperazine rings is 1. The van der Waals surface area contributed by atoms with Crippen LogP contribution in [0.25, 0.3) is 10.8 Å². The number of nitrogens with zero attached hydrogens (tertiary/aromatic N) is 3. The summed E-state index contributed by atoms with van der Waals surface area (Å²) >= 11 is 0. The van der Waals surface area contributed by atoms with E-state index in [0.29, 0.717) is 43.7 Å². The maximum atomic E-state index is 12.5. The molecule has 168 valence electrons. The predicted octanol–water partition coefficient (Wildman–Crippen LogP) is 4.07. The molecular formula is C25H24ClN5O2. The highest BCUT2D eigenvalue weighted by molar-refractivity contribution is 6.16. The van der Waals surface area contributed by atoms with E-state index in [4.69, 9.17) is 10.1 Å². The third-order valence-electron chi connectivity index (χ3n) is 5.61. The molecule has 0 saturated carbocycles. The molecule has 0 amide bonds. The minimum absolute atomic E-state index is 0. The summed E-state index contributed by atoms with van der Waals surface area (Å²) in [5.41, 5.74) is 2.01. The van der Waals surface area contributed by atoms with E-state index in [0.717, 1.165) is 22.0 Å². The van der Waals surface area contributed by atoms with Crippen LogP contribution in [-0.4, -0.2) is 53.8 Å². The van der Waals surface area contributed by atoms with Gasteiger partial charge < -0.3 is 19.9 Å². The van der Waals surface area contributed by atoms with Crippen LogP contribution in [0.15, 0.2) is 89.7 Å². The molecule has 0 radical (unpaired) electrons. The summed E-state index contributed by atoms with van der Waals surface area (Å²) in [5.74, 6) is 0.277. The standard InChI is InChI=1S/C25H23N5O2.ClH/c26-25(27-19-9-2-1-3-10-19)30-15-13-29(14-16-30)17-22-24(31)32-23(28-22)21-12-6-8-18-7-4-5-11-20(18)21;/h1-12,17H,13-16H2,(H2,26,27);1H/b22-17+;. The fourth-order valence-electron chi connectivity index (χ4n) is 3.91. The van der Waals surface area contributed by atoms with Gasteiger partial charge in [-0.1, -0.05) is 54.6 Å². The van der Waals surface area contributed by atoms with Crippen molar-refractivity contribution in [1.29, 1.82) is 5.41 Å². The van der Waals surface area contributed by atoms with E-state index >= 15 is 0 Å². The highest BCUT2D eigenvalue weighted by atomic mass is 35.5. The summed E-state index contributed by atoms with van der Waals surface area (Å²) in [7, 11) is 0. The molecule has 3 aromatic rings. The van der Waals surface area contributed by atoms with E-state index in [1.54, 1.807) is 6.20 Å². The number of carbonyl (C=O) groups is 1. The number of para-hydroxylation sites is 1. The zero-order valence-electron chi connectivity index (χ0n) is 17.9. The van der Waals surface area contributed by atoms with Gasteiger partial charge in [0.1, 0.15) is 0 Å².